The number of carbonyl (C=O) groups is 1. The van der Waals surface area contributed by atoms with E-state index >= 15 is 0 Å². The molecule has 1 atom stereocenters. The van der Waals surface area contributed by atoms with Crippen LogP contribution in [0.25, 0.3) is 5.82 Å². The van der Waals surface area contributed by atoms with Crippen LogP contribution in [0.3, 0.4) is 0 Å². The highest BCUT2D eigenvalue weighted by molar-refractivity contribution is 5.95. The Hall–Kier alpha value is -2.96. The van der Waals surface area contributed by atoms with Crippen molar-refractivity contribution < 1.29 is 4.79 Å². The second-order valence-electron chi connectivity index (χ2n) is 5.63. The lowest BCUT2D eigenvalue weighted by Gasteiger charge is -2.14. The minimum Gasteiger partial charge on any atom is -0.344 e. The second-order valence-corrected chi connectivity index (χ2v) is 5.63. The van der Waals surface area contributed by atoms with Gasteiger partial charge in [-0.1, -0.05) is 13.0 Å². The fraction of sp³-hybridized carbons (Fsp3) is 0.294. The predicted octanol–water partition coefficient (Wildman–Crippen LogP) is 2.49. The van der Waals surface area contributed by atoms with Gasteiger partial charge in [0.25, 0.3) is 5.91 Å². The largest absolute Gasteiger partial charge is 0.344 e. The summed E-state index contributed by atoms with van der Waals surface area (Å²) in [6.07, 6.45) is 5.77. The molecule has 0 bridgehead atoms. The lowest BCUT2D eigenvalue weighted by atomic mass is 10.2. The van der Waals surface area contributed by atoms with Crippen molar-refractivity contribution in [2.75, 3.05) is 0 Å². The van der Waals surface area contributed by atoms with Crippen molar-refractivity contribution in [3.63, 3.8) is 0 Å². The molecule has 0 aromatic carbocycles. The molecule has 1 amide bonds. The van der Waals surface area contributed by atoms with Gasteiger partial charge in [0, 0.05) is 18.1 Å². The van der Waals surface area contributed by atoms with Gasteiger partial charge in [0.05, 0.1) is 23.5 Å². The summed E-state index contributed by atoms with van der Waals surface area (Å²) in [4.78, 5) is 24.4. The molecular formula is C17H20N6O. The van der Waals surface area contributed by atoms with Gasteiger partial charge < -0.3 is 10.3 Å². The Balaban J connectivity index is 1.82. The Morgan fingerprint density at radius 2 is 2.12 bits per heavy atom. The number of hydrogen-bond donors (Lipinski definition) is 2. The molecule has 0 aliphatic rings. The molecule has 0 fully saturated rings. The van der Waals surface area contributed by atoms with Crippen LogP contribution in [-0.2, 0) is 0 Å². The van der Waals surface area contributed by atoms with Crippen molar-refractivity contribution in [2.24, 2.45) is 0 Å². The third-order valence-corrected chi connectivity index (χ3v) is 3.89. The first-order valence-electron chi connectivity index (χ1n) is 7.88. The van der Waals surface area contributed by atoms with Crippen LogP contribution in [0.2, 0.25) is 0 Å². The molecule has 0 aliphatic carbocycles. The topological polar surface area (TPSA) is 88.5 Å². The van der Waals surface area contributed by atoms with E-state index in [2.05, 4.69) is 25.4 Å². The SMILES string of the molecule is CC[C@H](NC(=O)c1cnn(-c2ccccn2)c1C)c1ncc(C)[nH]1. The van der Waals surface area contributed by atoms with Crippen LogP contribution < -0.4 is 5.32 Å². The minimum atomic E-state index is -0.171. The molecule has 7 nitrogen and oxygen atoms in total. The van der Waals surface area contributed by atoms with Crippen molar-refractivity contribution in [1.82, 2.24) is 30.0 Å². The van der Waals surface area contributed by atoms with Gasteiger partial charge in [-0.15, -0.1) is 0 Å². The minimum absolute atomic E-state index is 0.163. The van der Waals surface area contributed by atoms with E-state index in [-0.39, 0.29) is 11.9 Å². The van der Waals surface area contributed by atoms with Crippen molar-refractivity contribution >= 4 is 5.91 Å². The molecule has 0 aliphatic heterocycles. The summed E-state index contributed by atoms with van der Waals surface area (Å²) < 4.78 is 1.66. The van der Waals surface area contributed by atoms with E-state index in [0.29, 0.717) is 11.4 Å². The lowest BCUT2D eigenvalue weighted by Crippen LogP contribution is -2.29. The molecule has 7 heteroatoms. The van der Waals surface area contributed by atoms with Gasteiger partial charge in [0.2, 0.25) is 0 Å². The van der Waals surface area contributed by atoms with E-state index in [4.69, 9.17) is 0 Å². The molecule has 24 heavy (non-hydrogen) atoms. The molecule has 2 N–H and O–H groups in total. The van der Waals surface area contributed by atoms with E-state index < -0.39 is 0 Å². The summed E-state index contributed by atoms with van der Waals surface area (Å²) in [5.74, 6) is 1.27. The monoisotopic (exact) mass is 324 g/mol. The third kappa shape index (κ3) is 3.05. The quantitative estimate of drug-likeness (QED) is 0.754. The summed E-state index contributed by atoms with van der Waals surface area (Å²) in [6.45, 7) is 5.80. The Morgan fingerprint density at radius 1 is 1.29 bits per heavy atom. The van der Waals surface area contributed by atoms with Gasteiger partial charge in [-0.05, 0) is 32.4 Å². The molecule has 0 spiro atoms. The standard InChI is InChI=1S/C17H20N6O/c1-4-14(16-19-9-11(2)21-16)22-17(24)13-10-20-23(12(13)3)15-7-5-6-8-18-15/h5-10,14H,4H2,1-3H3,(H,19,21)(H,22,24)/t14-/m0/s1. The number of amides is 1. The molecule has 3 rings (SSSR count). The maximum Gasteiger partial charge on any atom is 0.255 e. The van der Waals surface area contributed by atoms with Crippen molar-refractivity contribution in [2.45, 2.75) is 33.2 Å². The molecule has 0 saturated carbocycles. The third-order valence-electron chi connectivity index (χ3n) is 3.89. The summed E-state index contributed by atoms with van der Waals surface area (Å²) in [7, 11) is 0. The van der Waals surface area contributed by atoms with E-state index in [1.54, 1.807) is 23.3 Å². The lowest BCUT2D eigenvalue weighted by molar-refractivity contribution is 0.0933. The van der Waals surface area contributed by atoms with Crippen molar-refractivity contribution in [3.8, 4) is 5.82 Å². The normalized spacial score (nSPS) is 12.1. The molecule has 124 valence electrons. The zero-order valence-corrected chi connectivity index (χ0v) is 13.9. The molecule has 0 unspecified atom stereocenters. The fourth-order valence-corrected chi connectivity index (χ4v) is 2.55. The molecular weight excluding hydrogens is 304 g/mol. The maximum atomic E-state index is 12.6. The van der Waals surface area contributed by atoms with Crippen LogP contribution in [0.15, 0.2) is 36.8 Å². The summed E-state index contributed by atoms with van der Waals surface area (Å²) in [5.41, 5.74) is 2.25. The van der Waals surface area contributed by atoms with E-state index in [1.165, 1.54) is 0 Å². The van der Waals surface area contributed by atoms with E-state index in [1.807, 2.05) is 39.0 Å². The number of carbonyl (C=O) groups excluding carboxylic acids is 1. The number of imidazole rings is 1. The maximum absolute atomic E-state index is 12.6. The number of pyridine rings is 1. The van der Waals surface area contributed by atoms with Gasteiger partial charge >= 0.3 is 0 Å². The highest BCUT2D eigenvalue weighted by Crippen LogP contribution is 2.16. The molecule has 3 aromatic heterocycles. The Bertz CT molecular complexity index is 836. The van der Waals surface area contributed by atoms with Crippen LogP contribution in [-0.4, -0.2) is 30.6 Å². The van der Waals surface area contributed by atoms with E-state index in [9.17, 15) is 4.79 Å². The second kappa shape index (κ2) is 6.66. The molecule has 0 saturated heterocycles. The summed E-state index contributed by atoms with van der Waals surface area (Å²) in [6, 6.07) is 5.41. The fourth-order valence-electron chi connectivity index (χ4n) is 2.55. The van der Waals surface area contributed by atoms with Crippen molar-refractivity contribution in [1.29, 1.82) is 0 Å². The number of nitrogens with zero attached hydrogens (tertiary/aromatic N) is 4. The Labute approximate surface area is 140 Å². The summed E-state index contributed by atoms with van der Waals surface area (Å²) >= 11 is 0. The van der Waals surface area contributed by atoms with Crippen LogP contribution in [0.5, 0.6) is 0 Å². The van der Waals surface area contributed by atoms with Crippen LogP contribution in [0, 0.1) is 13.8 Å². The van der Waals surface area contributed by atoms with Crippen molar-refractivity contribution in [3.05, 3.63) is 59.6 Å². The molecule has 0 radical (unpaired) electrons. The first-order valence-corrected chi connectivity index (χ1v) is 7.88. The first kappa shape index (κ1) is 15.9. The molecule has 3 aromatic rings. The Kier molecular flexibility index (Phi) is 4.41. The highest BCUT2D eigenvalue weighted by atomic mass is 16.1. The summed E-state index contributed by atoms with van der Waals surface area (Å²) in [5, 5.41) is 7.30. The number of nitrogens with one attached hydrogen (secondary N) is 2. The van der Waals surface area contributed by atoms with E-state index in [0.717, 1.165) is 23.6 Å². The number of aryl methyl sites for hydroxylation is 1. The number of rotatable bonds is 5. The van der Waals surface area contributed by atoms with Gasteiger partial charge in [-0.2, -0.15) is 5.10 Å². The number of H-pyrrole nitrogens is 1. The van der Waals surface area contributed by atoms with Crippen LogP contribution in [0.1, 0.15) is 47.0 Å². The smallest absolute Gasteiger partial charge is 0.255 e. The van der Waals surface area contributed by atoms with Gasteiger partial charge in [0.1, 0.15) is 5.82 Å². The predicted molar refractivity (Wildman–Crippen MR) is 89.9 cm³/mol. The Morgan fingerprint density at radius 3 is 2.75 bits per heavy atom. The highest BCUT2D eigenvalue weighted by Gasteiger charge is 2.20. The zero-order chi connectivity index (χ0) is 17.1. The number of aromatic nitrogens is 5. The zero-order valence-electron chi connectivity index (χ0n) is 13.9. The van der Waals surface area contributed by atoms with Crippen LogP contribution >= 0.6 is 0 Å². The van der Waals surface area contributed by atoms with Gasteiger partial charge in [-0.3, -0.25) is 4.79 Å². The van der Waals surface area contributed by atoms with Gasteiger partial charge in [-0.25, -0.2) is 14.6 Å². The average Bonchev–Trinajstić information content (AvgIpc) is 3.19. The van der Waals surface area contributed by atoms with Gasteiger partial charge in [0.15, 0.2) is 5.82 Å². The number of aromatic amines is 1. The first-order chi connectivity index (χ1) is 11.6. The average molecular weight is 324 g/mol. The van der Waals surface area contributed by atoms with Crippen LogP contribution in [0.4, 0.5) is 0 Å². The number of hydrogen-bond acceptors (Lipinski definition) is 4. The molecule has 3 heterocycles.